The summed E-state index contributed by atoms with van der Waals surface area (Å²) >= 11 is 0. The molecule has 1 fully saturated rings. The maximum Gasteiger partial charge on any atom is 0.321 e. The molecule has 1 saturated heterocycles. The van der Waals surface area contributed by atoms with Crippen LogP contribution in [0.1, 0.15) is 12.8 Å². The molecule has 2 rings (SSSR count). The number of urea groups is 1. The Hall–Kier alpha value is -1.75. The molecule has 0 radical (unpaired) electrons. The third-order valence-corrected chi connectivity index (χ3v) is 3.22. The van der Waals surface area contributed by atoms with E-state index in [1.807, 2.05) is 7.05 Å². The fourth-order valence-corrected chi connectivity index (χ4v) is 2.02. The van der Waals surface area contributed by atoms with Crippen molar-refractivity contribution in [1.29, 1.82) is 0 Å². The maximum absolute atomic E-state index is 12.0. The van der Waals surface area contributed by atoms with Gasteiger partial charge in [0.25, 0.3) is 0 Å². The van der Waals surface area contributed by atoms with E-state index in [0.29, 0.717) is 5.69 Å². The highest BCUT2D eigenvalue weighted by Gasteiger charge is 2.22. The van der Waals surface area contributed by atoms with Gasteiger partial charge in [-0.15, -0.1) is 0 Å². The molecule has 0 bridgehead atoms. The first kappa shape index (κ1) is 12.7. The van der Waals surface area contributed by atoms with E-state index in [1.165, 1.54) is 0 Å². The van der Waals surface area contributed by atoms with Crippen LogP contribution in [-0.4, -0.2) is 37.2 Å². The van der Waals surface area contributed by atoms with Crippen molar-refractivity contribution in [3.8, 4) is 0 Å². The van der Waals surface area contributed by atoms with Gasteiger partial charge in [-0.2, -0.15) is 0 Å². The minimum absolute atomic E-state index is 0.0910. The first-order valence-corrected chi connectivity index (χ1v) is 6.14. The number of hydrogen-bond acceptors (Lipinski definition) is 3. The number of amides is 2. The molecule has 1 aromatic carbocycles. The number of ether oxygens (including phenoxy) is 1. The van der Waals surface area contributed by atoms with Gasteiger partial charge in [0.2, 0.25) is 0 Å². The van der Waals surface area contributed by atoms with Gasteiger partial charge in [-0.05, 0) is 37.1 Å². The van der Waals surface area contributed by atoms with E-state index in [2.05, 4.69) is 5.32 Å². The van der Waals surface area contributed by atoms with E-state index in [1.54, 1.807) is 29.2 Å². The standard InChI is InChI=1S/C13H19N3O2/c1-16(12-6-8-18-9-7-12)13(17)15-11-4-2-10(14)3-5-11/h2-5,12H,6-9,14H2,1H3,(H,15,17). The average molecular weight is 249 g/mol. The summed E-state index contributed by atoms with van der Waals surface area (Å²) in [7, 11) is 1.82. The van der Waals surface area contributed by atoms with Crippen LogP contribution in [-0.2, 0) is 4.74 Å². The Kier molecular flexibility index (Phi) is 4.04. The van der Waals surface area contributed by atoms with Crippen molar-refractivity contribution in [1.82, 2.24) is 4.90 Å². The number of hydrogen-bond donors (Lipinski definition) is 2. The van der Waals surface area contributed by atoms with Crippen LogP contribution < -0.4 is 11.1 Å². The Labute approximate surface area is 107 Å². The van der Waals surface area contributed by atoms with Crippen molar-refractivity contribution in [2.45, 2.75) is 18.9 Å². The van der Waals surface area contributed by atoms with Gasteiger partial charge in [0.1, 0.15) is 0 Å². The Morgan fingerprint density at radius 2 is 1.94 bits per heavy atom. The Morgan fingerprint density at radius 1 is 1.33 bits per heavy atom. The molecule has 5 heteroatoms. The number of nitrogen functional groups attached to an aromatic ring is 1. The minimum Gasteiger partial charge on any atom is -0.399 e. The average Bonchev–Trinajstić information content (AvgIpc) is 2.41. The van der Waals surface area contributed by atoms with E-state index < -0.39 is 0 Å². The van der Waals surface area contributed by atoms with Gasteiger partial charge < -0.3 is 20.7 Å². The zero-order valence-corrected chi connectivity index (χ0v) is 10.6. The highest BCUT2D eigenvalue weighted by Crippen LogP contribution is 2.15. The number of carbonyl (C=O) groups is 1. The lowest BCUT2D eigenvalue weighted by Crippen LogP contribution is -2.42. The third-order valence-electron chi connectivity index (χ3n) is 3.22. The molecule has 1 aromatic rings. The van der Waals surface area contributed by atoms with Gasteiger partial charge in [0.05, 0.1) is 0 Å². The quantitative estimate of drug-likeness (QED) is 0.787. The summed E-state index contributed by atoms with van der Waals surface area (Å²) < 4.78 is 5.29. The Balaban J connectivity index is 1.92. The van der Waals surface area contributed by atoms with E-state index in [0.717, 1.165) is 31.7 Å². The molecular formula is C13H19N3O2. The molecule has 5 nitrogen and oxygen atoms in total. The summed E-state index contributed by atoms with van der Waals surface area (Å²) in [5.74, 6) is 0. The predicted molar refractivity (Wildman–Crippen MR) is 71.5 cm³/mol. The van der Waals surface area contributed by atoms with Gasteiger partial charge in [-0.25, -0.2) is 4.79 Å². The Bertz CT molecular complexity index is 399. The van der Waals surface area contributed by atoms with Crippen molar-refractivity contribution in [2.75, 3.05) is 31.3 Å². The van der Waals surface area contributed by atoms with Gasteiger partial charge in [-0.3, -0.25) is 0 Å². The van der Waals surface area contributed by atoms with Crippen LogP contribution in [0.15, 0.2) is 24.3 Å². The number of nitrogens with zero attached hydrogens (tertiary/aromatic N) is 1. The van der Waals surface area contributed by atoms with Crippen molar-refractivity contribution in [3.05, 3.63) is 24.3 Å². The first-order chi connectivity index (χ1) is 8.66. The molecule has 2 amide bonds. The van der Waals surface area contributed by atoms with E-state index in [-0.39, 0.29) is 12.1 Å². The van der Waals surface area contributed by atoms with Crippen LogP contribution >= 0.6 is 0 Å². The van der Waals surface area contributed by atoms with E-state index in [9.17, 15) is 4.79 Å². The largest absolute Gasteiger partial charge is 0.399 e. The molecular weight excluding hydrogens is 230 g/mol. The van der Waals surface area contributed by atoms with Crippen LogP contribution in [0.25, 0.3) is 0 Å². The Morgan fingerprint density at radius 3 is 2.56 bits per heavy atom. The molecule has 98 valence electrons. The van der Waals surface area contributed by atoms with Gasteiger partial charge in [0.15, 0.2) is 0 Å². The smallest absolute Gasteiger partial charge is 0.321 e. The van der Waals surface area contributed by atoms with Crippen LogP contribution in [0, 0.1) is 0 Å². The molecule has 1 aliphatic rings. The molecule has 0 spiro atoms. The second-order valence-corrected chi connectivity index (χ2v) is 4.51. The van der Waals surface area contributed by atoms with Gasteiger partial charge >= 0.3 is 6.03 Å². The second kappa shape index (κ2) is 5.73. The highest BCUT2D eigenvalue weighted by atomic mass is 16.5. The molecule has 1 heterocycles. The minimum atomic E-state index is -0.0910. The summed E-state index contributed by atoms with van der Waals surface area (Å²) in [6.45, 7) is 1.45. The number of rotatable bonds is 2. The van der Waals surface area contributed by atoms with Crippen LogP contribution in [0.5, 0.6) is 0 Å². The molecule has 0 aliphatic carbocycles. The maximum atomic E-state index is 12.0. The SMILES string of the molecule is CN(C(=O)Nc1ccc(N)cc1)C1CCOCC1. The molecule has 0 atom stereocenters. The number of carbonyl (C=O) groups excluding carboxylic acids is 1. The van der Waals surface area contributed by atoms with E-state index >= 15 is 0 Å². The lowest BCUT2D eigenvalue weighted by atomic mass is 10.1. The molecule has 18 heavy (non-hydrogen) atoms. The fourth-order valence-electron chi connectivity index (χ4n) is 2.02. The molecule has 0 saturated carbocycles. The van der Waals surface area contributed by atoms with E-state index in [4.69, 9.17) is 10.5 Å². The number of nitrogens with one attached hydrogen (secondary N) is 1. The molecule has 1 aliphatic heterocycles. The summed E-state index contributed by atoms with van der Waals surface area (Å²) in [6.07, 6.45) is 1.79. The number of benzene rings is 1. The highest BCUT2D eigenvalue weighted by molar-refractivity contribution is 5.89. The zero-order valence-electron chi connectivity index (χ0n) is 10.6. The summed E-state index contributed by atoms with van der Waals surface area (Å²) in [6, 6.07) is 7.30. The molecule has 0 aromatic heterocycles. The summed E-state index contributed by atoms with van der Waals surface area (Å²) in [5.41, 5.74) is 7.04. The van der Waals surface area contributed by atoms with Gasteiger partial charge in [0, 0.05) is 37.7 Å². The normalized spacial score (nSPS) is 16.3. The van der Waals surface area contributed by atoms with Crippen molar-refractivity contribution < 1.29 is 9.53 Å². The second-order valence-electron chi connectivity index (χ2n) is 4.51. The monoisotopic (exact) mass is 249 g/mol. The molecule has 3 N–H and O–H groups in total. The summed E-state index contributed by atoms with van der Waals surface area (Å²) in [4.78, 5) is 13.8. The zero-order chi connectivity index (χ0) is 13.0. The van der Waals surface area contributed by atoms with Crippen molar-refractivity contribution in [2.24, 2.45) is 0 Å². The predicted octanol–water partition coefficient (Wildman–Crippen LogP) is 1.91. The van der Waals surface area contributed by atoms with Crippen LogP contribution in [0.4, 0.5) is 16.2 Å². The third kappa shape index (κ3) is 3.13. The number of nitrogens with two attached hydrogens (primary N) is 1. The van der Waals surface area contributed by atoms with Crippen molar-refractivity contribution >= 4 is 17.4 Å². The first-order valence-electron chi connectivity index (χ1n) is 6.14. The lowest BCUT2D eigenvalue weighted by Gasteiger charge is -2.31. The topological polar surface area (TPSA) is 67.6 Å². The lowest BCUT2D eigenvalue weighted by molar-refractivity contribution is 0.0544. The fraction of sp³-hybridized carbons (Fsp3) is 0.462. The van der Waals surface area contributed by atoms with Gasteiger partial charge in [-0.1, -0.05) is 0 Å². The molecule has 0 unspecified atom stereocenters. The van der Waals surface area contributed by atoms with Crippen molar-refractivity contribution in [3.63, 3.8) is 0 Å². The summed E-state index contributed by atoms with van der Waals surface area (Å²) in [5, 5.41) is 2.86. The number of anilines is 2. The van der Waals surface area contributed by atoms with Crippen LogP contribution in [0.3, 0.4) is 0 Å². The van der Waals surface area contributed by atoms with Crippen LogP contribution in [0.2, 0.25) is 0 Å².